The summed E-state index contributed by atoms with van der Waals surface area (Å²) in [7, 11) is 0. The Morgan fingerprint density at radius 3 is 2.68 bits per heavy atom. The molecule has 0 unspecified atom stereocenters. The van der Waals surface area contributed by atoms with E-state index < -0.39 is 30.3 Å². The molecule has 0 radical (unpaired) electrons. The quantitative estimate of drug-likeness (QED) is 0.462. The first-order chi connectivity index (χ1) is 11.8. The lowest BCUT2D eigenvalue weighted by molar-refractivity contribution is -0.134. The number of benzene rings is 1. The van der Waals surface area contributed by atoms with Crippen molar-refractivity contribution in [2.24, 2.45) is 0 Å². The number of para-hydroxylation sites is 1. The normalized spacial score (nSPS) is 11.2. The topological polar surface area (TPSA) is 81.2 Å². The third-order valence-corrected chi connectivity index (χ3v) is 3.56. The molecule has 2 rings (SSSR count). The Bertz CT molecular complexity index is 767. The van der Waals surface area contributed by atoms with Gasteiger partial charge in [0.05, 0.1) is 12.0 Å². The largest absolute Gasteiger partial charge is 0.426 e. The zero-order valence-corrected chi connectivity index (χ0v) is 14.0. The van der Waals surface area contributed by atoms with E-state index in [1.165, 1.54) is 12.1 Å². The molecular formula is C14H11ClF3N3O3S. The number of hydrogen-bond donors (Lipinski definition) is 1. The number of alkyl halides is 4. The summed E-state index contributed by atoms with van der Waals surface area (Å²) in [6, 6.07) is 5.92. The van der Waals surface area contributed by atoms with Crippen LogP contribution in [-0.2, 0) is 11.2 Å². The molecule has 0 aliphatic rings. The van der Waals surface area contributed by atoms with E-state index in [9.17, 15) is 22.8 Å². The molecule has 1 N–H and O–H groups in total. The molecule has 1 heterocycles. The van der Waals surface area contributed by atoms with Gasteiger partial charge in [-0.1, -0.05) is 12.1 Å². The fourth-order valence-corrected chi connectivity index (χ4v) is 2.45. The average Bonchev–Trinajstić information content (AvgIpc) is 2.92. The number of carbonyl (C=O) groups is 2. The molecule has 25 heavy (non-hydrogen) atoms. The molecule has 0 saturated heterocycles. The van der Waals surface area contributed by atoms with Gasteiger partial charge in [0, 0.05) is 17.4 Å². The van der Waals surface area contributed by atoms with Gasteiger partial charge < -0.3 is 4.74 Å². The van der Waals surface area contributed by atoms with Crippen molar-refractivity contribution in [3.05, 3.63) is 35.7 Å². The summed E-state index contributed by atoms with van der Waals surface area (Å²) in [6.07, 6.45) is -5.76. The van der Waals surface area contributed by atoms with Crippen molar-refractivity contribution in [3.63, 3.8) is 0 Å². The van der Waals surface area contributed by atoms with Crippen LogP contribution in [0.3, 0.4) is 0 Å². The molecular weight excluding hydrogens is 383 g/mol. The highest BCUT2D eigenvalue weighted by Gasteiger charge is 2.30. The predicted molar refractivity (Wildman–Crippen MR) is 85.0 cm³/mol. The lowest BCUT2D eigenvalue weighted by atomic mass is 10.2. The van der Waals surface area contributed by atoms with Crippen LogP contribution < -0.4 is 10.1 Å². The zero-order chi connectivity index (χ0) is 18.4. The average molecular weight is 394 g/mol. The minimum Gasteiger partial charge on any atom is -0.426 e. The molecule has 6 nitrogen and oxygen atoms in total. The fourth-order valence-electron chi connectivity index (χ4n) is 1.71. The molecule has 0 aliphatic carbocycles. The molecule has 1 aromatic heterocycles. The van der Waals surface area contributed by atoms with Crippen LogP contribution >= 0.6 is 23.1 Å². The first-order valence-electron chi connectivity index (χ1n) is 6.85. The van der Waals surface area contributed by atoms with Gasteiger partial charge in [-0.15, -0.1) is 11.6 Å². The van der Waals surface area contributed by atoms with Crippen LogP contribution in [0.15, 0.2) is 24.3 Å². The second-order valence-electron chi connectivity index (χ2n) is 4.67. The molecule has 134 valence electrons. The van der Waals surface area contributed by atoms with Gasteiger partial charge in [-0.3, -0.25) is 14.9 Å². The maximum Gasteiger partial charge on any atom is 0.396 e. The van der Waals surface area contributed by atoms with Gasteiger partial charge in [-0.05, 0) is 12.1 Å². The van der Waals surface area contributed by atoms with E-state index in [0.29, 0.717) is 11.5 Å². The minimum absolute atomic E-state index is 0.00940. The lowest BCUT2D eigenvalue weighted by Gasteiger charge is -2.08. The Morgan fingerprint density at radius 2 is 2.00 bits per heavy atom. The van der Waals surface area contributed by atoms with Gasteiger partial charge >= 0.3 is 12.1 Å². The molecule has 0 atom stereocenters. The van der Waals surface area contributed by atoms with Crippen molar-refractivity contribution in [3.8, 4) is 5.75 Å². The number of ether oxygens (including phenoxy) is 1. The molecule has 0 saturated carbocycles. The number of amides is 1. The highest BCUT2D eigenvalue weighted by molar-refractivity contribution is 7.09. The second-order valence-corrected chi connectivity index (χ2v) is 5.80. The van der Waals surface area contributed by atoms with E-state index in [1.807, 2.05) is 0 Å². The summed E-state index contributed by atoms with van der Waals surface area (Å²) in [5, 5.41) is 2.24. The smallest absolute Gasteiger partial charge is 0.396 e. The number of nitrogens with one attached hydrogen (secondary N) is 1. The Labute approximate surface area is 149 Å². The van der Waals surface area contributed by atoms with Crippen molar-refractivity contribution in [2.75, 3.05) is 11.2 Å². The Morgan fingerprint density at radius 1 is 1.28 bits per heavy atom. The predicted octanol–water partition coefficient (Wildman–Crippen LogP) is 3.43. The maximum atomic E-state index is 12.3. The van der Waals surface area contributed by atoms with Crippen LogP contribution in [0.25, 0.3) is 0 Å². The fraction of sp³-hybridized carbons (Fsp3) is 0.286. The Kier molecular flexibility index (Phi) is 6.32. The number of rotatable bonds is 6. The second kappa shape index (κ2) is 8.26. The van der Waals surface area contributed by atoms with Crippen LogP contribution in [0.5, 0.6) is 5.75 Å². The minimum atomic E-state index is -4.44. The van der Waals surface area contributed by atoms with Crippen LogP contribution in [0.1, 0.15) is 22.6 Å². The lowest BCUT2D eigenvalue weighted by Crippen LogP contribution is -2.16. The number of hydrogen-bond acceptors (Lipinski definition) is 6. The summed E-state index contributed by atoms with van der Waals surface area (Å²) in [4.78, 5) is 27.4. The van der Waals surface area contributed by atoms with Gasteiger partial charge in [0.15, 0.2) is 5.82 Å². The van der Waals surface area contributed by atoms with Gasteiger partial charge in [0.2, 0.25) is 5.13 Å². The van der Waals surface area contributed by atoms with E-state index in [4.69, 9.17) is 16.3 Å². The first-order valence-corrected chi connectivity index (χ1v) is 8.15. The van der Waals surface area contributed by atoms with Gasteiger partial charge in [0.25, 0.3) is 5.91 Å². The number of aromatic nitrogens is 2. The van der Waals surface area contributed by atoms with Crippen molar-refractivity contribution < 1.29 is 27.5 Å². The number of nitrogens with zero attached hydrogens (tertiary/aromatic N) is 2. The molecule has 0 aliphatic heterocycles. The number of carbonyl (C=O) groups excluding carboxylic acids is 2. The third kappa shape index (κ3) is 5.98. The van der Waals surface area contributed by atoms with Crippen molar-refractivity contribution >= 4 is 40.1 Å². The molecule has 2 aromatic rings. The summed E-state index contributed by atoms with van der Waals surface area (Å²) >= 11 is 6.07. The van der Waals surface area contributed by atoms with Crippen molar-refractivity contribution in [1.29, 1.82) is 0 Å². The summed E-state index contributed by atoms with van der Waals surface area (Å²) in [5.41, 5.74) is 0.0259. The van der Waals surface area contributed by atoms with Crippen LogP contribution in [0, 0.1) is 0 Å². The Balaban J connectivity index is 2.10. The SMILES string of the molecule is O=C(CCCl)Oc1ccccc1C(=O)Nc1nc(CC(F)(F)F)ns1. The molecule has 1 amide bonds. The number of esters is 1. The van der Waals surface area contributed by atoms with E-state index in [2.05, 4.69) is 14.7 Å². The molecule has 0 fully saturated rings. The molecule has 0 spiro atoms. The summed E-state index contributed by atoms with van der Waals surface area (Å²) < 4.78 is 45.5. The van der Waals surface area contributed by atoms with Gasteiger partial charge in [0.1, 0.15) is 12.2 Å². The first kappa shape index (κ1) is 19.1. The highest BCUT2D eigenvalue weighted by Crippen LogP contribution is 2.24. The molecule has 0 bridgehead atoms. The zero-order valence-electron chi connectivity index (χ0n) is 12.5. The van der Waals surface area contributed by atoms with Crippen LogP contribution in [0.4, 0.5) is 18.3 Å². The van der Waals surface area contributed by atoms with E-state index in [0.717, 1.165) is 0 Å². The maximum absolute atomic E-state index is 12.3. The van der Waals surface area contributed by atoms with E-state index in [-0.39, 0.29) is 28.7 Å². The van der Waals surface area contributed by atoms with E-state index >= 15 is 0 Å². The van der Waals surface area contributed by atoms with Crippen molar-refractivity contribution in [1.82, 2.24) is 9.36 Å². The van der Waals surface area contributed by atoms with Crippen LogP contribution in [-0.4, -0.2) is 33.3 Å². The third-order valence-electron chi connectivity index (χ3n) is 2.70. The summed E-state index contributed by atoms with van der Waals surface area (Å²) in [5.74, 6) is -1.66. The van der Waals surface area contributed by atoms with Gasteiger partial charge in [-0.25, -0.2) is 4.98 Å². The number of halogens is 4. The van der Waals surface area contributed by atoms with Crippen LogP contribution in [0.2, 0.25) is 0 Å². The summed E-state index contributed by atoms with van der Waals surface area (Å²) in [6.45, 7) is 0. The van der Waals surface area contributed by atoms with Gasteiger partial charge in [-0.2, -0.15) is 17.5 Å². The molecule has 1 aromatic carbocycles. The standard InChI is InChI=1S/C14H11ClF3N3O3S/c15-6-5-11(22)24-9-4-2-1-3-8(9)12(23)20-13-19-10(21-25-13)7-14(16,17)18/h1-4H,5-7H2,(H,19,20,21,23). The Hall–Kier alpha value is -2.20. The highest BCUT2D eigenvalue weighted by atomic mass is 35.5. The number of anilines is 1. The van der Waals surface area contributed by atoms with Crippen molar-refractivity contribution in [2.45, 2.75) is 19.0 Å². The monoisotopic (exact) mass is 393 g/mol. The molecule has 11 heteroatoms. The van der Waals surface area contributed by atoms with E-state index in [1.54, 1.807) is 12.1 Å².